The molecule has 0 atom stereocenters. The van der Waals surface area contributed by atoms with Crippen LogP contribution in [-0.4, -0.2) is 19.9 Å². The highest BCUT2D eigenvalue weighted by Crippen LogP contribution is 2.50. The fourth-order valence-corrected chi connectivity index (χ4v) is 7.15. The van der Waals surface area contributed by atoms with Gasteiger partial charge in [0.05, 0.1) is 10.6 Å². The Morgan fingerprint density at radius 2 is 1.81 bits per heavy atom. The predicted octanol–water partition coefficient (Wildman–Crippen LogP) is 6.58. The van der Waals surface area contributed by atoms with Crippen molar-refractivity contribution in [2.75, 3.05) is 6.54 Å². The third-order valence-electron chi connectivity index (χ3n) is 7.21. The van der Waals surface area contributed by atoms with Gasteiger partial charge in [-0.05, 0) is 64.8 Å². The zero-order valence-corrected chi connectivity index (χ0v) is 21.9. The molecule has 2 aliphatic rings. The van der Waals surface area contributed by atoms with Crippen molar-refractivity contribution in [3.63, 3.8) is 0 Å². The van der Waals surface area contributed by atoms with Crippen LogP contribution < -0.4 is 4.72 Å². The molecule has 0 radical (unpaired) electrons. The number of rotatable bonds is 7. The average Bonchev–Trinajstić information content (AvgIpc) is 3.34. The summed E-state index contributed by atoms with van der Waals surface area (Å²) in [6.45, 7) is 11.3. The maximum atomic E-state index is 12.8. The van der Waals surface area contributed by atoms with E-state index in [-0.39, 0.29) is 15.2 Å². The molecule has 0 unspecified atom stereocenters. The SMILES string of the molecule is CCNS(=O)(=O)c1nc(CC2CCCCC2)c(-c2cc(C(C)(C)C)cc(C3(C)CC3)c2)s1. The lowest BCUT2D eigenvalue weighted by Crippen LogP contribution is -2.23. The van der Waals surface area contributed by atoms with E-state index >= 15 is 0 Å². The van der Waals surface area contributed by atoms with E-state index in [2.05, 4.69) is 50.6 Å². The molecule has 2 aliphatic carbocycles. The number of thiazole rings is 1. The number of hydrogen-bond donors (Lipinski definition) is 1. The lowest BCUT2D eigenvalue weighted by molar-refractivity contribution is 0.354. The normalized spacial score (nSPS) is 19.3. The Labute approximate surface area is 198 Å². The van der Waals surface area contributed by atoms with Crippen LogP contribution in [0.3, 0.4) is 0 Å². The topological polar surface area (TPSA) is 59.1 Å². The summed E-state index contributed by atoms with van der Waals surface area (Å²) in [5.74, 6) is 0.602. The molecule has 6 heteroatoms. The molecular formula is C26H38N2O2S2. The van der Waals surface area contributed by atoms with Gasteiger partial charge >= 0.3 is 0 Å². The molecular weight excluding hydrogens is 436 g/mol. The lowest BCUT2D eigenvalue weighted by Gasteiger charge is -2.24. The molecule has 32 heavy (non-hydrogen) atoms. The molecule has 0 aliphatic heterocycles. The number of sulfonamides is 1. The largest absolute Gasteiger partial charge is 0.267 e. The second kappa shape index (κ2) is 8.84. The molecule has 1 aromatic carbocycles. The van der Waals surface area contributed by atoms with Crippen LogP contribution in [-0.2, 0) is 27.3 Å². The molecule has 0 saturated heterocycles. The number of benzene rings is 1. The maximum absolute atomic E-state index is 12.8. The van der Waals surface area contributed by atoms with Crippen molar-refractivity contribution < 1.29 is 8.42 Å². The minimum atomic E-state index is -3.57. The van der Waals surface area contributed by atoms with Gasteiger partial charge in [0.1, 0.15) is 0 Å². The van der Waals surface area contributed by atoms with Gasteiger partial charge in [0.15, 0.2) is 0 Å². The van der Waals surface area contributed by atoms with Crippen LogP contribution in [0.5, 0.6) is 0 Å². The first-order valence-electron chi connectivity index (χ1n) is 12.2. The van der Waals surface area contributed by atoms with Crippen LogP contribution in [0.15, 0.2) is 22.5 Å². The highest BCUT2D eigenvalue weighted by Gasteiger charge is 2.40. The molecule has 1 aromatic heterocycles. The van der Waals surface area contributed by atoms with Gasteiger partial charge in [-0.2, -0.15) is 0 Å². The molecule has 2 saturated carbocycles. The van der Waals surface area contributed by atoms with Crippen molar-refractivity contribution in [1.82, 2.24) is 9.71 Å². The quantitative estimate of drug-likeness (QED) is 0.493. The smallest absolute Gasteiger partial charge is 0.228 e. The summed E-state index contributed by atoms with van der Waals surface area (Å²) in [6.07, 6.45) is 9.61. The van der Waals surface area contributed by atoms with E-state index in [0.29, 0.717) is 12.5 Å². The minimum Gasteiger partial charge on any atom is -0.228 e. The van der Waals surface area contributed by atoms with Gasteiger partial charge in [-0.3, -0.25) is 0 Å². The summed E-state index contributed by atoms with van der Waals surface area (Å²) >= 11 is 1.35. The summed E-state index contributed by atoms with van der Waals surface area (Å²) in [6, 6.07) is 6.95. The van der Waals surface area contributed by atoms with Crippen LogP contribution >= 0.6 is 11.3 Å². The van der Waals surface area contributed by atoms with E-state index in [1.807, 2.05) is 6.92 Å². The monoisotopic (exact) mass is 474 g/mol. The number of hydrogen-bond acceptors (Lipinski definition) is 4. The first-order chi connectivity index (χ1) is 15.0. The van der Waals surface area contributed by atoms with Gasteiger partial charge in [-0.25, -0.2) is 18.1 Å². The fraction of sp³-hybridized carbons (Fsp3) is 0.654. The van der Waals surface area contributed by atoms with E-state index in [4.69, 9.17) is 4.98 Å². The Morgan fingerprint density at radius 1 is 1.12 bits per heavy atom. The van der Waals surface area contributed by atoms with Gasteiger partial charge in [0.2, 0.25) is 4.34 Å². The molecule has 2 fully saturated rings. The lowest BCUT2D eigenvalue weighted by atomic mass is 9.82. The van der Waals surface area contributed by atoms with Crippen LogP contribution in [0.25, 0.3) is 10.4 Å². The van der Waals surface area contributed by atoms with Gasteiger partial charge in [0.25, 0.3) is 10.0 Å². The zero-order chi connectivity index (χ0) is 23.1. The van der Waals surface area contributed by atoms with Gasteiger partial charge < -0.3 is 0 Å². The van der Waals surface area contributed by atoms with Crippen molar-refractivity contribution in [1.29, 1.82) is 0 Å². The van der Waals surface area contributed by atoms with Crippen molar-refractivity contribution in [3.05, 3.63) is 35.0 Å². The fourth-order valence-electron chi connectivity index (χ4n) is 4.74. The number of nitrogens with one attached hydrogen (secondary N) is 1. The standard InChI is InChI=1S/C26H38N2O2S2/c1-6-27-32(29,30)24-28-22(14-18-10-8-7-9-11-18)23(31-24)19-15-20(25(2,3)4)17-21(16-19)26(5)12-13-26/h15-18,27H,6-14H2,1-5H3. The van der Waals surface area contributed by atoms with Crippen LogP contribution in [0.4, 0.5) is 0 Å². The Morgan fingerprint density at radius 3 is 2.41 bits per heavy atom. The van der Waals surface area contributed by atoms with Gasteiger partial charge in [0, 0.05) is 6.54 Å². The highest BCUT2D eigenvalue weighted by atomic mass is 32.2. The van der Waals surface area contributed by atoms with E-state index in [1.165, 1.54) is 67.4 Å². The first-order valence-corrected chi connectivity index (χ1v) is 14.5. The van der Waals surface area contributed by atoms with Crippen molar-refractivity contribution in [3.8, 4) is 10.4 Å². The molecule has 4 rings (SSSR count). The molecule has 0 spiro atoms. The van der Waals surface area contributed by atoms with Crippen LogP contribution in [0.1, 0.15) is 96.4 Å². The summed E-state index contributed by atoms with van der Waals surface area (Å²) in [7, 11) is -3.57. The van der Waals surface area contributed by atoms with E-state index in [9.17, 15) is 8.42 Å². The van der Waals surface area contributed by atoms with Gasteiger partial charge in [-0.15, -0.1) is 11.3 Å². The molecule has 0 bridgehead atoms. The van der Waals surface area contributed by atoms with E-state index < -0.39 is 10.0 Å². The second-order valence-electron chi connectivity index (χ2n) is 11.1. The first kappa shape index (κ1) is 23.9. The number of aromatic nitrogens is 1. The number of nitrogens with zero attached hydrogens (tertiary/aromatic N) is 1. The third kappa shape index (κ3) is 5.13. The van der Waals surface area contributed by atoms with Crippen molar-refractivity contribution in [2.45, 2.75) is 101 Å². The zero-order valence-electron chi connectivity index (χ0n) is 20.3. The summed E-state index contributed by atoms with van der Waals surface area (Å²) in [4.78, 5) is 5.78. The molecule has 1 heterocycles. The summed E-state index contributed by atoms with van der Waals surface area (Å²) in [5, 5.41) is 0. The minimum absolute atomic E-state index is 0.0307. The maximum Gasteiger partial charge on any atom is 0.267 e. The van der Waals surface area contributed by atoms with Crippen molar-refractivity contribution in [2.24, 2.45) is 5.92 Å². The Bertz CT molecular complexity index is 1050. The molecule has 2 aromatic rings. The Hall–Kier alpha value is -1.24. The van der Waals surface area contributed by atoms with Crippen LogP contribution in [0.2, 0.25) is 0 Å². The Balaban J connectivity index is 1.83. The van der Waals surface area contributed by atoms with Gasteiger partial charge in [-0.1, -0.05) is 72.8 Å². The van der Waals surface area contributed by atoms with Crippen molar-refractivity contribution >= 4 is 21.4 Å². The summed E-state index contributed by atoms with van der Waals surface area (Å²) in [5.41, 5.74) is 5.09. The van der Waals surface area contributed by atoms with Crippen LogP contribution in [0, 0.1) is 5.92 Å². The third-order valence-corrected chi connectivity index (χ3v) is 10.3. The molecule has 176 valence electrons. The molecule has 0 amide bonds. The molecule has 4 nitrogen and oxygen atoms in total. The highest BCUT2D eigenvalue weighted by molar-refractivity contribution is 7.91. The predicted molar refractivity (Wildman–Crippen MR) is 134 cm³/mol. The van der Waals surface area contributed by atoms with E-state index in [0.717, 1.165) is 22.6 Å². The average molecular weight is 475 g/mol. The summed E-state index contributed by atoms with van der Waals surface area (Å²) < 4.78 is 28.5. The second-order valence-corrected chi connectivity index (χ2v) is 14.0. The molecule has 1 N–H and O–H groups in total. The Kier molecular flexibility index (Phi) is 6.61. The van der Waals surface area contributed by atoms with E-state index in [1.54, 1.807) is 0 Å².